The molecule has 1 N–H and O–H groups in total. The standard InChI is InChI=1S/C55H103NO8/c1-6-8-10-12-14-16-18-20-21-22-23-24-25-26-27-28-29-30-31-32-33-34-36-38-40-42-44-46-53(58)64-51(50-63-55(54(59)60)61-48-47-56(3,4)5)49-62-52(57)45-43-41-39-37-35-19-17-15-13-11-9-7-2/h18,20,22-23,51,55H,6-17,19,21,24-50H2,1-5H3/p+1/b20-18-,23-22-. The van der Waals surface area contributed by atoms with Crippen molar-refractivity contribution in [3.05, 3.63) is 24.3 Å². The minimum absolute atomic E-state index is 0.177. The Balaban J connectivity index is 4.17. The van der Waals surface area contributed by atoms with Crippen molar-refractivity contribution in [3.63, 3.8) is 0 Å². The number of esters is 2. The van der Waals surface area contributed by atoms with Gasteiger partial charge in [-0.2, -0.15) is 0 Å². The van der Waals surface area contributed by atoms with E-state index in [4.69, 9.17) is 18.9 Å². The molecule has 2 atom stereocenters. The molecule has 0 spiro atoms. The van der Waals surface area contributed by atoms with Gasteiger partial charge in [-0.15, -0.1) is 0 Å². The van der Waals surface area contributed by atoms with Crippen LogP contribution in [0.15, 0.2) is 24.3 Å². The molecule has 2 unspecified atom stereocenters. The van der Waals surface area contributed by atoms with Crippen LogP contribution in [-0.4, -0.2) is 87.4 Å². The molecule has 9 nitrogen and oxygen atoms in total. The van der Waals surface area contributed by atoms with Gasteiger partial charge in [0.15, 0.2) is 6.10 Å². The zero-order valence-corrected chi connectivity index (χ0v) is 42.7. The Morgan fingerprint density at radius 3 is 1.23 bits per heavy atom. The smallest absolute Gasteiger partial charge is 0.361 e. The predicted octanol–water partition coefficient (Wildman–Crippen LogP) is 15.2. The maximum Gasteiger partial charge on any atom is 0.361 e. The first-order valence-corrected chi connectivity index (χ1v) is 27.0. The molecule has 0 aliphatic carbocycles. The van der Waals surface area contributed by atoms with Crippen molar-refractivity contribution in [2.45, 2.75) is 264 Å². The molecule has 0 amide bonds. The molecule has 0 saturated heterocycles. The fourth-order valence-electron chi connectivity index (χ4n) is 7.75. The lowest BCUT2D eigenvalue weighted by Gasteiger charge is -2.25. The minimum atomic E-state index is -1.50. The van der Waals surface area contributed by atoms with Crippen LogP contribution in [-0.2, 0) is 33.3 Å². The van der Waals surface area contributed by atoms with Crippen LogP contribution in [0.4, 0.5) is 0 Å². The third kappa shape index (κ3) is 47.7. The van der Waals surface area contributed by atoms with Gasteiger partial charge in [-0.25, -0.2) is 4.79 Å². The molecule has 9 heteroatoms. The first-order valence-electron chi connectivity index (χ1n) is 27.0. The molecule has 0 aliphatic rings. The van der Waals surface area contributed by atoms with E-state index in [0.717, 1.165) is 44.9 Å². The molecule has 0 bridgehead atoms. The number of rotatable bonds is 50. The third-order valence-electron chi connectivity index (χ3n) is 12.0. The number of unbranched alkanes of at least 4 members (excludes halogenated alkanes) is 31. The molecule has 0 aliphatic heterocycles. The number of carboxylic acids is 1. The highest BCUT2D eigenvalue weighted by atomic mass is 16.7. The largest absolute Gasteiger partial charge is 0.477 e. The van der Waals surface area contributed by atoms with E-state index in [9.17, 15) is 19.5 Å². The molecule has 0 aromatic carbocycles. The molecule has 0 fully saturated rings. The van der Waals surface area contributed by atoms with Crippen molar-refractivity contribution in [2.75, 3.05) is 47.5 Å². The number of likely N-dealkylation sites (N-methyl/N-ethyl adjacent to an activating group) is 1. The highest BCUT2D eigenvalue weighted by Crippen LogP contribution is 2.16. The quantitative estimate of drug-likeness (QED) is 0.0211. The summed E-state index contributed by atoms with van der Waals surface area (Å²) in [4.78, 5) is 37.2. The second-order valence-electron chi connectivity index (χ2n) is 19.5. The lowest BCUT2D eigenvalue weighted by atomic mass is 10.0. The van der Waals surface area contributed by atoms with E-state index >= 15 is 0 Å². The monoisotopic (exact) mass is 907 g/mol. The first kappa shape index (κ1) is 61.8. The summed E-state index contributed by atoms with van der Waals surface area (Å²) in [6.07, 6.45) is 51.1. The number of nitrogens with zero attached hydrogens (tertiary/aromatic N) is 1. The third-order valence-corrected chi connectivity index (χ3v) is 12.0. The van der Waals surface area contributed by atoms with Gasteiger partial charge in [0.05, 0.1) is 34.4 Å². The van der Waals surface area contributed by atoms with Crippen LogP contribution < -0.4 is 0 Å². The van der Waals surface area contributed by atoms with E-state index < -0.39 is 24.3 Å². The van der Waals surface area contributed by atoms with E-state index in [1.54, 1.807) is 0 Å². The van der Waals surface area contributed by atoms with Crippen LogP contribution in [0.2, 0.25) is 0 Å². The zero-order valence-electron chi connectivity index (χ0n) is 42.7. The Morgan fingerprint density at radius 1 is 0.469 bits per heavy atom. The van der Waals surface area contributed by atoms with Gasteiger partial charge in [0.2, 0.25) is 0 Å². The Labute approximate surface area is 395 Å². The van der Waals surface area contributed by atoms with Gasteiger partial charge >= 0.3 is 17.9 Å². The number of hydrogen-bond donors (Lipinski definition) is 1. The number of aliphatic carboxylic acids is 1. The summed E-state index contributed by atoms with van der Waals surface area (Å²) < 4.78 is 22.8. The van der Waals surface area contributed by atoms with Gasteiger partial charge < -0.3 is 28.5 Å². The molecule has 0 rings (SSSR count). The molecule has 0 aromatic rings. The number of allylic oxidation sites excluding steroid dienone is 4. The Kier molecular flexibility index (Phi) is 45.6. The van der Waals surface area contributed by atoms with Crippen LogP contribution >= 0.6 is 0 Å². The van der Waals surface area contributed by atoms with E-state index in [1.165, 1.54) is 180 Å². The average molecular weight is 907 g/mol. The molecular formula is C55H104NO8+. The number of hydrogen-bond acceptors (Lipinski definition) is 7. The number of carbonyl (C=O) groups excluding carboxylic acids is 2. The number of carbonyl (C=O) groups is 3. The van der Waals surface area contributed by atoms with Crippen molar-refractivity contribution in [3.8, 4) is 0 Å². The molecule has 64 heavy (non-hydrogen) atoms. The summed E-state index contributed by atoms with van der Waals surface area (Å²) in [5.74, 6) is -1.99. The summed E-state index contributed by atoms with van der Waals surface area (Å²) in [5.41, 5.74) is 0. The molecule has 0 heterocycles. The predicted molar refractivity (Wildman–Crippen MR) is 268 cm³/mol. The van der Waals surface area contributed by atoms with Gasteiger partial charge in [0, 0.05) is 12.8 Å². The van der Waals surface area contributed by atoms with Crippen molar-refractivity contribution < 1.29 is 42.9 Å². The van der Waals surface area contributed by atoms with Crippen molar-refractivity contribution >= 4 is 17.9 Å². The Morgan fingerprint density at radius 2 is 0.844 bits per heavy atom. The Hall–Kier alpha value is -2.23. The van der Waals surface area contributed by atoms with Crippen molar-refractivity contribution in [1.82, 2.24) is 0 Å². The van der Waals surface area contributed by atoms with Gasteiger partial charge in [-0.1, -0.05) is 218 Å². The second-order valence-corrected chi connectivity index (χ2v) is 19.5. The molecule has 0 aromatic heterocycles. The first-order chi connectivity index (χ1) is 31.1. The molecular weight excluding hydrogens is 803 g/mol. The van der Waals surface area contributed by atoms with Crippen LogP contribution in [0.25, 0.3) is 0 Å². The SMILES string of the molecule is CCCCCCC/C=C\C/C=C\CCCCCCCCCCCCCCCCCC(=O)OC(COC(=O)CCCCCCCCCCCCCC)COC(OCC[N+](C)(C)C)C(=O)O. The molecule has 376 valence electrons. The summed E-state index contributed by atoms with van der Waals surface area (Å²) in [6, 6.07) is 0. The van der Waals surface area contributed by atoms with Crippen molar-refractivity contribution in [1.29, 1.82) is 0 Å². The summed E-state index contributed by atoms with van der Waals surface area (Å²) >= 11 is 0. The number of ether oxygens (including phenoxy) is 4. The van der Waals surface area contributed by atoms with Crippen molar-refractivity contribution in [2.24, 2.45) is 0 Å². The highest BCUT2D eigenvalue weighted by molar-refractivity contribution is 5.71. The van der Waals surface area contributed by atoms with Gasteiger partial charge in [0.25, 0.3) is 6.29 Å². The Bertz CT molecular complexity index is 1100. The van der Waals surface area contributed by atoms with Gasteiger partial charge in [-0.3, -0.25) is 9.59 Å². The summed E-state index contributed by atoms with van der Waals surface area (Å²) in [6.45, 7) is 4.89. The number of carboxylic acid groups (broad SMARTS) is 1. The summed E-state index contributed by atoms with van der Waals surface area (Å²) in [5, 5.41) is 9.66. The van der Waals surface area contributed by atoms with E-state index in [0.29, 0.717) is 17.4 Å². The van der Waals surface area contributed by atoms with Crippen LogP contribution in [0.5, 0.6) is 0 Å². The normalized spacial score (nSPS) is 13.0. The maximum absolute atomic E-state index is 12.8. The fraction of sp³-hybridized carbons (Fsp3) is 0.873. The fourth-order valence-corrected chi connectivity index (χ4v) is 7.75. The van der Waals surface area contributed by atoms with Crippen LogP contribution in [0, 0.1) is 0 Å². The zero-order chi connectivity index (χ0) is 47.0. The topological polar surface area (TPSA) is 108 Å². The van der Waals surface area contributed by atoms with Gasteiger partial charge in [-0.05, 0) is 44.9 Å². The lowest BCUT2D eigenvalue weighted by Crippen LogP contribution is -2.40. The molecule has 0 saturated carbocycles. The molecule has 0 radical (unpaired) electrons. The maximum atomic E-state index is 12.8. The van der Waals surface area contributed by atoms with E-state index in [1.807, 2.05) is 21.1 Å². The number of quaternary nitrogens is 1. The lowest BCUT2D eigenvalue weighted by molar-refractivity contribution is -0.870. The van der Waals surface area contributed by atoms with Crippen LogP contribution in [0.3, 0.4) is 0 Å². The highest BCUT2D eigenvalue weighted by Gasteiger charge is 2.25. The van der Waals surface area contributed by atoms with E-state index in [2.05, 4.69) is 38.2 Å². The van der Waals surface area contributed by atoms with Gasteiger partial charge in [0.1, 0.15) is 13.2 Å². The van der Waals surface area contributed by atoms with E-state index in [-0.39, 0.29) is 32.2 Å². The summed E-state index contributed by atoms with van der Waals surface area (Å²) in [7, 11) is 5.97. The van der Waals surface area contributed by atoms with Crippen LogP contribution in [0.1, 0.15) is 251 Å². The second kappa shape index (κ2) is 47.3. The average Bonchev–Trinajstić information content (AvgIpc) is 3.26. The minimum Gasteiger partial charge on any atom is -0.477 e.